The minimum Gasteiger partial charge on any atom is -0.381 e. The van der Waals surface area contributed by atoms with E-state index < -0.39 is 0 Å². The van der Waals surface area contributed by atoms with Gasteiger partial charge in [0.1, 0.15) is 0 Å². The van der Waals surface area contributed by atoms with Gasteiger partial charge in [0.15, 0.2) is 5.96 Å². The third-order valence-corrected chi connectivity index (χ3v) is 5.69. The van der Waals surface area contributed by atoms with Gasteiger partial charge in [-0.3, -0.25) is 4.99 Å². The third kappa shape index (κ3) is 5.35. The smallest absolute Gasteiger partial charge is 0.191 e. The van der Waals surface area contributed by atoms with Crippen LogP contribution in [0.15, 0.2) is 4.99 Å². The van der Waals surface area contributed by atoms with Crippen LogP contribution < -0.4 is 10.6 Å². The van der Waals surface area contributed by atoms with Crippen LogP contribution in [0.3, 0.4) is 0 Å². The highest BCUT2D eigenvalue weighted by Gasteiger charge is 2.33. The Morgan fingerprint density at radius 3 is 2.39 bits per heavy atom. The summed E-state index contributed by atoms with van der Waals surface area (Å²) in [7, 11) is 3.65. The lowest BCUT2D eigenvalue weighted by Crippen LogP contribution is -2.52. The molecule has 1 aliphatic carbocycles. The molecular weight excluding hydrogens is 290 g/mol. The van der Waals surface area contributed by atoms with Crippen LogP contribution in [0.4, 0.5) is 0 Å². The van der Waals surface area contributed by atoms with Crippen LogP contribution in [0.2, 0.25) is 0 Å². The Morgan fingerprint density at radius 1 is 1.22 bits per heavy atom. The lowest BCUT2D eigenvalue weighted by molar-refractivity contribution is -0.0855. The molecular formula is C18H35N3O2. The molecule has 0 bridgehead atoms. The van der Waals surface area contributed by atoms with Crippen molar-refractivity contribution in [2.24, 2.45) is 16.8 Å². The highest BCUT2D eigenvalue weighted by molar-refractivity contribution is 5.80. The van der Waals surface area contributed by atoms with Crippen molar-refractivity contribution in [2.75, 3.05) is 33.9 Å². The summed E-state index contributed by atoms with van der Waals surface area (Å²) in [5.74, 6) is 2.60. The van der Waals surface area contributed by atoms with Crippen molar-refractivity contribution in [3.63, 3.8) is 0 Å². The molecule has 0 amide bonds. The first-order valence-corrected chi connectivity index (χ1v) is 9.18. The Morgan fingerprint density at radius 2 is 1.87 bits per heavy atom. The molecule has 0 unspecified atom stereocenters. The molecule has 5 heteroatoms. The third-order valence-electron chi connectivity index (χ3n) is 5.69. The van der Waals surface area contributed by atoms with Crippen LogP contribution in [-0.4, -0.2) is 51.5 Å². The molecule has 0 aromatic rings. The van der Waals surface area contributed by atoms with E-state index in [9.17, 15) is 0 Å². The first kappa shape index (κ1) is 18.5. The lowest BCUT2D eigenvalue weighted by atomic mass is 9.80. The first-order chi connectivity index (χ1) is 11.1. The first-order valence-electron chi connectivity index (χ1n) is 9.18. The van der Waals surface area contributed by atoms with E-state index in [-0.39, 0.29) is 5.60 Å². The van der Waals surface area contributed by atoms with Crippen molar-refractivity contribution in [3.8, 4) is 0 Å². The standard InChI is InChI=1S/C18H35N3O2/c1-14(2)15-5-7-16(8-6-15)21-17(19-3)20-13-18(22-4)9-11-23-12-10-18/h14-16H,5-13H2,1-4H3,(H2,19,20,21). The van der Waals surface area contributed by atoms with Gasteiger partial charge in [0.05, 0.1) is 5.60 Å². The fraction of sp³-hybridized carbons (Fsp3) is 0.944. The maximum atomic E-state index is 5.78. The SMILES string of the molecule is CN=C(NCC1(OC)CCOCC1)NC1CCC(C(C)C)CC1. The van der Waals surface area contributed by atoms with Gasteiger partial charge in [-0.25, -0.2) is 0 Å². The molecule has 1 saturated heterocycles. The molecule has 0 radical (unpaired) electrons. The zero-order valence-corrected chi connectivity index (χ0v) is 15.4. The second-order valence-corrected chi connectivity index (χ2v) is 7.43. The van der Waals surface area contributed by atoms with E-state index in [0.29, 0.717) is 6.04 Å². The second kappa shape index (κ2) is 8.88. The summed E-state index contributed by atoms with van der Waals surface area (Å²) in [5, 5.41) is 7.07. The summed E-state index contributed by atoms with van der Waals surface area (Å²) in [5.41, 5.74) is -0.120. The molecule has 2 N–H and O–H groups in total. The molecule has 1 saturated carbocycles. The zero-order chi connectivity index (χ0) is 16.7. The van der Waals surface area contributed by atoms with Crippen LogP contribution in [-0.2, 0) is 9.47 Å². The van der Waals surface area contributed by atoms with Crippen molar-refractivity contribution in [1.29, 1.82) is 0 Å². The predicted octanol–water partition coefficient (Wildman–Crippen LogP) is 2.56. The second-order valence-electron chi connectivity index (χ2n) is 7.43. The van der Waals surface area contributed by atoms with Crippen molar-refractivity contribution in [2.45, 2.75) is 64.0 Å². The minimum atomic E-state index is -0.120. The van der Waals surface area contributed by atoms with Crippen molar-refractivity contribution in [1.82, 2.24) is 10.6 Å². The number of hydrogen-bond donors (Lipinski definition) is 2. The summed E-state index contributed by atoms with van der Waals surface area (Å²) in [6.07, 6.45) is 7.01. The molecule has 0 aromatic heterocycles. The van der Waals surface area contributed by atoms with E-state index in [2.05, 4.69) is 29.5 Å². The fourth-order valence-corrected chi connectivity index (χ4v) is 3.76. The highest BCUT2D eigenvalue weighted by atomic mass is 16.5. The monoisotopic (exact) mass is 325 g/mol. The summed E-state index contributed by atoms with van der Waals surface area (Å²) in [6, 6.07) is 0.546. The maximum Gasteiger partial charge on any atom is 0.191 e. The summed E-state index contributed by atoms with van der Waals surface area (Å²) in [4.78, 5) is 4.39. The van der Waals surface area contributed by atoms with E-state index in [1.165, 1.54) is 25.7 Å². The number of rotatable bonds is 5. The maximum absolute atomic E-state index is 5.78. The zero-order valence-electron chi connectivity index (χ0n) is 15.4. The molecule has 23 heavy (non-hydrogen) atoms. The van der Waals surface area contributed by atoms with Crippen molar-refractivity contribution in [3.05, 3.63) is 0 Å². The predicted molar refractivity (Wildman–Crippen MR) is 94.9 cm³/mol. The Bertz CT molecular complexity index is 370. The molecule has 134 valence electrons. The van der Waals surface area contributed by atoms with Crippen molar-refractivity contribution < 1.29 is 9.47 Å². The van der Waals surface area contributed by atoms with Gasteiger partial charge in [0.25, 0.3) is 0 Å². The number of hydrogen-bond acceptors (Lipinski definition) is 3. The van der Waals surface area contributed by atoms with E-state index in [0.717, 1.165) is 50.4 Å². The van der Waals surface area contributed by atoms with Gasteiger partial charge in [0, 0.05) is 52.8 Å². The molecule has 1 heterocycles. The van der Waals surface area contributed by atoms with E-state index in [1.54, 1.807) is 7.11 Å². The van der Waals surface area contributed by atoms with Gasteiger partial charge < -0.3 is 20.1 Å². The van der Waals surface area contributed by atoms with Crippen LogP contribution >= 0.6 is 0 Å². The van der Waals surface area contributed by atoms with Crippen LogP contribution in [0.25, 0.3) is 0 Å². The summed E-state index contributed by atoms with van der Waals surface area (Å²) < 4.78 is 11.2. The van der Waals surface area contributed by atoms with Gasteiger partial charge in [0.2, 0.25) is 0 Å². The molecule has 5 nitrogen and oxygen atoms in total. The van der Waals surface area contributed by atoms with Crippen LogP contribution in [0.1, 0.15) is 52.4 Å². The summed E-state index contributed by atoms with van der Waals surface area (Å²) in [6.45, 7) is 7.03. The van der Waals surface area contributed by atoms with E-state index in [1.807, 2.05) is 7.05 Å². The number of guanidine groups is 1. The Hall–Kier alpha value is -0.810. The van der Waals surface area contributed by atoms with Gasteiger partial charge >= 0.3 is 0 Å². The van der Waals surface area contributed by atoms with Crippen LogP contribution in [0.5, 0.6) is 0 Å². The number of nitrogens with zero attached hydrogens (tertiary/aromatic N) is 1. The normalized spacial score (nSPS) is 28.7. The van der Waals surface area contributed by atoms with E-state index >= 15 is 0 Å². The molecule has 2 fully saturated rings. The quantitative estimate of drug-likeness (QED) is 0.602. The van der Waals surface area contributed by atoms with Gasteiger partial charge in [-0.15, -0.1) is 0 Å². The Labute approximate surface area is 141 Å². The average molecular weight is 325 g/mol. The summed E-state index contributed by atoms with van der Waals surface area (Å²) >= 11 is 0. The molecule has 1 aliphatic heterocycles. The van der Waals surface area contributed by atoms with Crippen molar-refractivity contribution >= 4 is 5.96 Å². The Balaban J connectivity index is 1.77. The fourth-order valence-electron chi connectivity index (χ4n) is 3.76. The molecule has 0 spiro atoms. The van der Waals surface area contributed by atoms with Crippen LogP contribution in [0, 0.1) is 11.8 Å². The molecule has 0 aromatic carbocycles. The van der Waals surface area contributed by atoms with Gasteiger partial charge in [-0.1, -0.05) is 13.8 Å². The number of ether oxygens (including phenoxy) is 2. The van der Waals surface area contributed by atoms with Gasteiger partial charge in [-0.2, -0.15) is 0 Å². The topological polar surface area (TPSA) is 54.9 Å². The Kier molecular flexibility index (Phi) is 7.15. The minimum absolute atomic E-state index is 0.120. The average Bonchev–Trinajstić information content (AvgIpc) is 2.59. The molecule has 2 rings (SSSR count). The van der Waals surface area contributed by atoms with E-state index in [4.69, 9.17) is 9.47 Å². The largest absolute Gasteiger partial charge is 0.381 e. The lowest BCUT2D eigenvalue weighted by Gasteiger charge is -2.37. The molecule has 2 aliphatic rings. The highest BCUT2D eigenvalue weighted by Crippen LogP contribution is 2.29. The van der Waals surface area contributed by atoms with Gasteiger partial charge in [-0.05, 0) is 37.5 Å². The number of methoxy groups -OCH3 is 1. The molecule has 0 atom stereocenters. The number of nitrogens with one attached hydrogen (secondary N) is 2. The number of aliphatic imine (C=N–C) groups is 1.